The van der Waals surface area contributed by atoms with Crippen LogP contribution in [0, 0.1) is 0 Å². The molecular formula is C44H85NO6S. The van der Waals surface area contributed by atoms with Gasteiger partial charge in [0.2, 0.25) is 5.91 Å². The molecule has 0 aromatic heterocycles. The summed E-state index contributed by atoms with van der Waals surface area (Å²) < 4.78 is 32.6. The van der Waals surface area contributed by atoms with Crippen molar-refractivity contribution in [3.63, 3.8) is 0 Å². The molecular weight excluding hydrogens is 671 g/mol. The second-order valence-corrected chi connectivity index (χ2v) is 17.0. The molecule has 0 aliphatic heterocycles. The fourth-order valence-corrected chi connectivity index (χ4v) is 7.62. The summed E-state index contributed by atoms with van der Waals surface area (Å²) in [7, 11) is -4.41. The lowest BCUT2D eigenvalue weighted by Gasteiger charge is -2.24. The molecule has 0 aliphatic rings. The first-order valence-corrected chi connectivity index (χ1v) is 23.8. The molecule has 0 aromatic carbocycles. The van der Waals surface area contributed by atoms with E-state index in [4.69, 9.17) is 0 Å². The van der Waals surface area contributed by atoms with Gasteiger partial charge in [-0.3, -0.25) is 9.35 Å². The van der Waals surface area contributed by atoms with Crippen LogP contribution in [0.15, 0.2) is 24.3 Å². The molecule has 3 atom stereocenters. The third-order valence-electron chi connectivity index (χ3n) is 10.3. The lowest BCUT2D eigenvalue weighted by Crippen LogP contribution is -2.50. The van der Waals surface area contributed by atoms with Gasteiger partial charge in [-0.25, -0.2) is 0 Å². The Hall–Kier alpha value is -1.22. The maximum absolute atomic E-state index is 12.6. The first kappa shape index (κ1) is 50.8. The molecule has 0 saturated carbocycles. The van der Waals surface area contributed by atoms with Gasteiger partial charge in [-0.1, -0.05) is 212 Å². The lowest BCUT2D eigenvalue weighted by molar-refractivity contribution is -0.131. The summed E-state index contributed by atoms with van der Waals surface area (Å²) in [6, 6.07) is -1.15. The maximum Gasteiger partial charge on any atom is 0.266 e. The van der Waals surface area contributed by atoms with Crippen LogP contribution in [-0.2, 0) is 14.9 Å². The molecule has 308 valence electrons. The molecule has 52 heavy (non-hydrogen) atoms. The number of allylic oxidation sites excluding steroid dienone is 4. The molecule has 0 saturated heterocycles. The van der Waals surface area contributed by atoms with Crippen molar-refractivity contribution in [1.82, 2.24) is 5.32 Å². The Morgan fingerprint density at radius 1 is 0.519 bits per heavy atom. The van der Waals surface area contributed by atoms with E-state index in [1.54, 1.807) is 0 Å². The van der Waals surface area contributed by atoms with E-state index in [0.29, 0.717) is 19.3 Å². The average molecular weight is 756 g/mol. The van der Waals surface area contributed by atoms with Crippen LogP contribution in [0.4, 0.5) is 0 Å². The van der Waals surface area contributed by atoms with Crippen molar-refractivity contribution in [3.8, 4) is 0 Å². The Morgan fingerprint density at radius 3 is 1.25 bits per heavy atom. The molecule has 7 nitrogen and oxygen atoms in total. The van der Waals surface area contributed by atoms with E-state index < -0.39 is 40.0 Å². The second kappa shape index (κ2) is 38.1. The first-order chi connectivity index (χ1) is 25.2. The van der Waals surface area contributed by atoms with E-state index in [9.17, 15) is 28.0 Å². The molecule has 8 heteroatoms. The van der Waals surface area contributed by atoms with Crippen molar-refractivity contribution in [1.29, 1.82) is 0 Å². The van der Waals surface area contributed by atoms with Crippen molar-refractivity contribution in [2.24, 2.45) is 0 Å². The van der Waals surface area contributed by atoms with Gasteiger partial charge in [0.25, 0.3) is 10.1 Å². The zero-order chi connectivity index (χ0) is 38.4. The SMILES string of the molecule is CCCCC/C=C\C=C/CCCCCCCC(O)C(=O)NC(CS(=O)(=O)O)C(O)CCCCCCCCCCCCCCCCCCCCCCC. The van der Waals surface area contributed by atoms with Crippen molar-refractivity contribution in [3.05, 3.63) is 24.3 Å². The Bertz CT molecular complexity index is 937. The van der Waals surface area contributed by atoms with Gasteiger partial charge in [-0.2, -0.15) is 8.42 Å². The summed E-state index contributed by atoms with van der Waals surface area (Å²) in [6.45, 7) is 4.49. The molecule has 1 amide bonds. The second-order valence-electron chi connectivity index (χ2n) is 15.5. The third-order valence-corrected chi connectivity index (χ3v) is 11.1. The van der Waals surface area contributed by atoms with Crippen molar-refractivity contribution < 1.29 is 28.0 Å². The van der Waals surface area contributed by atoms with Gasteiger partial charge in [0, 0.05) is 0 Å². The number of hydrogen-bond donors (Lipinski definition) is 4. The van der Waals surface area contributed by atoms with E-state index >= 15 is 0 Å². The Balaban J connectivity index is 3.92. The van der Waals surface area contributed by atoms with Crippen LogP contribution in [-0.4, -0.2) is 53.1 Å². The van der Waals surface area contributed by atoms with Crippen LogP contribution in [0.2, 0.25) is 0 Å². The Labute approximate surface area is 322 Å². The number of nitrogens with one attached hydrogen (secondary N) is 1. The predicted molar refractivity (Wildman–Crippen MR) is 222 cm³/mol. The lowest BCUT2D eigenvalue weighted by atomic mass is 10.0. The zero-order valence-corrected chi connectivity index (χ0v) is 34.9. The van der Waals surface area contributed by atoms with Crippen LogP contribution in [0.3, 0.4) is 0 Å². The van der Waals surface area contributed by atoms with Gasteiger partial charge < -0.3 is 15.5 Å². The highest BCUT2D eigenvalue weighted by Crippen LogP contribution is 2.17. The largest absolute Gasteiger partial charge is 0.391 e. The zero-order valence-electron chi connectivity index (χ0n) is 34.1. The minimum Gasteiger partial charge on any atom is -0.391 e. The van der Waals surface area contributed by atoms with E-state index in [1.165, 1.54) is 128 Å². The fourth-order valence-electron chi connectivity index (χ4n) is 6.86. The van der Waals surface area contributed by atoms with Gasteiger partial charge in [0.15, 0.2) is 0 Å². The molecule has 0 aromatic rings. The van der Waals surface area contributed by atoms with Crippen LogP contribution >= 0.6 is 0 Å². The summed E-state index contributed by atoms with van der Waals surface area (Å²) in [5, 5.41) is 23.6. The molecule has 0 spiro atoms. The number of rotatable bonds is 40. The van der Waals surface area contributed by atoms with Gasteiger partial charge in [-0.05, 0) is 38.5 Å². The van der Waals surface area contributed by atoms with Gasteiger partial charge in [0.1, 0.15) is 6.10 Å². The number of carbonyl (C=O) groups is 1. The Morgan fingerprint density at radius 2 is 0.846 bits per heavy atom. The molecule has 0 radical (unpaired) electrons. The monoisotopic (exact) mass is 756 g/mol. The molecule has 0 heterocycles. The van der Waals surface area contributed by atoms with Crippen molar-refractivity contribution >= 4 is 16.0 Å². The highest BCUT2D eigenvalue weighted by atomic mass is 32.2. The highest BCUT2D eigenvalue weighted by Gasteiger charge is 2.28. The third kappa shape index (κ3) is 37.1. The molecule has 4 N–H and O–H groups in total. The van der Waals surface area contributed by atoms with E-state index in [2.05, 4.69) is 43.5 Å². The number of aliphatic hydroxyl groups excluding tert-OH is 2. The smallest absolute Gasteiger partial charge is 0.266 e. The van der Waals surface area contributed by atoms with E-state index in [-0.39, 0.29) is 6.42 Å². The summed E-state index contributed by atoms with van der Waals surface area (Å²) in [5.74, 6) is -1.46. The van der Waals surface area contributed by atoms with Crippen LogP contribution in [0.1, 0.15) is 226 Å². The van der Waals surface area contributed by atoms with Gasteiger partial charge in [-0.15, -0.1) is 0 Å². The van der Waals surface area contributed by atoms with Gasteiger partial charge in [0.05, 0.1) is 17.9 Å². The molecule has 3 unspecified atom stereocenters. The fraction of sp³-hybridized carbons (Fsp3) is 0.886. The molecule has 0 bridgehead atoms. The number of hydrogen-bond acceptors (Lipinski definition) is 5. The van der Waals surface area contributed by atoms with Crippen LogP contribution in [0.25, 0.3) is 0 Å². The topological polar surface area (TPSA) is 124 Å². The maximum atomic E-state index is 12.6. The van der Waals surface area contributed by atoms with Crippen molar-refractivity contribution in [2.45, 2.75) is 244 Å². The predicted octanol–water partition coefficient (Wildman–Crippen LogP) is 12.1. The molecule has 0 aliphatic carbocycles. The summed E-state index contributed by atoms with van der Waals surface area (Å²) in [4.78, 5) is 12.6. The number of aliphatic hydroxyl groups is 2. The molecule has 0 fully saturated rings. The number of amides is 1. The first-order valence-electron chi connectivity index (χ1n) is 22.1. The van der Waals surface area contributed by atoms with E-state index in [0.717, 1.165) is 57.8 Å². The normalized spacial score (nSPS) is 14.0. The minimum absolute atomic E-state index is 0.280. The summed E-state index contributed by atoms with van der Waals surface area (Å²) in [6.07, 6.45) is 44.8. The summed E-state index contributed by atoms with van der Waals surface area (Å²) >= 11 is 0. The Kier molecular flexibility index (Phi) is 37.2. The van der Waals surface area contributed by atoms with Crippen LogP contribution < -0.4 is 5.32 Å². The van der Waals surface area contributed by atoms with Gasteiger partial charge >= 0.3 is 0 Å². The number of unbranched alkanes of at least 4 members (excludes halogenated alkanes) is 28. The number of carbonyl (C=O) groups excluding carboxylic acids is 1. The highest BCUT2D eigenvalue weighted by molar-refractivity contribution is 7.85. The quantitative estimate of drug-likeness (QED) is 0.0280. The minimum atomic E-state index is -4.41. The summed E-state index contributed by atoms with van der Waals surface area (Å²) in [5.41, 5.74) is 0. The van der Waals surface area contributed by atoms with E-state index in [1.807, 2.05) is 0 Å². The van der Waals surface area contributed by atoms with Crippen molar-refractivity contribution in [2.75, 3.05) is 5.75 Å². The standard InChI is InChI=1S/C44H85NO6S/c1-3-5-7-9-11-13-15-17-19-20-21-22-23-24-25-27-28-30-32-34-36-38-42(46)41(40-52(49,50)51)45-44(48)43(47)39-37-35-33-31-29-26-18-16-14-12-10-8-6-4-2/h12,14,16,18,41-43,46-47H,3-11,13,15,17,19-40H2,1-2H3,(H,45,48)(H,49,50,51)/b14-12-,18-16-. The van der Waals surface area contributed by atoms with Crippen LogP contribution in [0.5, 0.6) is 0 Å². The molecule has 0 rings (SSSR count). The average Bonchev–Trinajstić information content (AvgIpc) is 3.11.